The van der Waals surface area contributed by atoms with Gasteiger partial charge in [-0.2, -0.15) is 0 Å². The predicted octanol–water partition coefficient (Wildman–Crippen LogP) is 6.25. The minimum absolute atomic E-state index is 0.0646. The molecule has 38 heavy (non-hydrogen) atoms. The standard InChI is InChI=1S/C29H25FN2O5S/c1-3-4-15-37-21-12-5-17(6-13-21)25-24(26(33)18-7-10-20(36-2)11-8-18)27(34)28(35)32(25)29-31-22-14-9-19(30)16-23(22)38-29/h5-14,16,25,33H,3-4,15H2,1-2H3/b26-24+. The van der Waals surface area contributed by atoms with Crippen LogP contribution >= 0.6 is 11.3 Å². The van der Waals surface area contributed by atoms with Crippen molar-refractivity contribution in [3.05, 3.63) is 89.2 Å². The van der Waals surface area contributed by atoms with Crippen LogP contribution in [0, 0.1) is 5.82 Å². The summed E-state index contributed by atoms with van der Waals surface area (Å²) >= 11 is 1.10. The van der Waals surface area contributed by atoms with E-state index in [1.165, 1.54) is 30.2 Å². The molecule has 0 bridgehead atoms. The molecule has 1 aromatic heterocycles. The van der Waals surface area contributed by atoms with Crippen LogP contribution in [0.15, 0.2) is 72.3 Å². The molecule has 194 valence electrons. The third kappa shape index (κ3) is 4.72. The Morgan fingerprint density at radius 2 is 1.76 bits per heavy atom. The van der Waals surface area contributed by atoms with Crippen LogP contribution in [-0.4, -0.2) is 35.5 Å². The summed E-state index contributed by atoms with van der Waals surface area (Å²) in [4.78, 5) is 32.6. The van der Waals surface area contributed by atoms with Crippen LogP contribution in [0.3, 0.4) is 0 Å². The summed E-state index contributed by atoms with van der Waals surface area (Å²) in [6, 6.07) is 16.8. The van der Waals surface area contributed by atoms with E-state index in [0.29, 0.717) is 39.4 Å². The predicted molar refractivity (Wildman–Crippen MR) is 144 cm³/mol. The monoisotopic (exact) mass is 532 g/mol. The summed E-state index contributed by atoms with van der Waals surface area (Å²) < 4.78 is 25.3. The van der Waals surface area contributed by atoms with Gasteiger partial charge in [-0.1, -0.05) is 36.8 Å². The van der Waals surface area contributed by atoms with Gasteiger partial charge in [-0.25, -0.2) is 9.37 Å². The first kappa shape index (κ1) is 25.4. The number of fused-ring (bicyclic) bond motifs is 1. The Morgan fingerprint density at radius 1 is 1.05 bits per heavy atom. The zero-order valence-electron chi connectivity index (χ0n) is 20.8. The number of Topliss-reactive ketones (excluding diaryl/α,β-unsaturated/α-hetero) is 1. The number of carbonyl (C=O) groups excluding carboxylic acids is 2. The molecule has 0 spiro atoms. The van der Waals surface area contributed by atoms with Crippen molar-refractivity contribution in [2.75, 3.05) is 18.6 Å². The van der Waals surface area contributed by atoms with Crippen LogP contribution < -0.4 is 14.4 Å². The number of rotatable bonds is 8. The molecule has 1 amide bonds. The van der Waals surface area contributed by atoms with Crippen LogP contribution in [0.5, 0.6) is 11.5 Å². The Bertz CT molecular complexity index is 1530. The second-order valence-electron chi connectivity index (χ2n) is 8.78. The van der Waals surface area contributed by atoms with Gasteiger partial charge >= 0.3 is 5.91 Å². The van der Waals surface area contributed by atoms with Crippen LogP contribution in [0.4, 0.5) is 9.52 Å². The number of ketones is 1. The molecule has 9 heteroatoms. The molecule has 1 N–H and O–H groups in total. The molecule has 1 unspecified atom stereocenters. The van der Waals surface area contributed by atoms with Crippen molar-refractivity contribution in [1.29, 1.82) is 0 Å². The quantitative estimate of drug-likeness (QED) is 0.125. The molecular weight excluding hydrogens is 507 g/mol. The maximum atomic E-state index is 13.8. The summed E-state index contributed by atoms with van der Waals surface area (Å²) in [6.45, 7) is 2.66. The summed E-state index contributed by atoms with van der Waals surface area (Å²) in [5.74, 6) is -1.16. The summed E-state index contributed by atoms with van der Waals surface area (Å²) in [7, 11) is 1.53. The van der Waals surface area contributed by atoms with Gasteiger partial charge < -0.3 is 14.6 Å². The van der Waals surface area contributed by atoms with E-state index in [4.69, 9.17) is 9.47 Å². The van der Waals surface area contributed by atoms with E-state index in [2.05, 4.69) is 11.9 Å². The first-order chi connectivity index (χ1) is 18.4. The van der Waals surface area contributed by atoms with Crippen molar-refractivity contribution in [1.82, 2.24) is 4.98 Å². The maximum Gasteiger partial charge on any atom is 0.301 e. The molecule has 0 aliphatic carbocycles. The van der Waals surface area contributed by atoms with E-state index < -0.39 is 23.5 Å². The summed E-state index contributed by atoms with van der Waals surface area (Å²) in [6.07, 6.45) is 1.92. The highest BCUT2D eigenvalue weighted by atomic mass is 32.1. The fraction of sp³-hybridized carbons (Fsp3) is 0.207. The molecule has 1 aliphatic rings. The van der Waals surface area contributed by atoms with Crippen molar-refractivity contribution in [2.45, 2.75) is 25.8 Å². The zero-order valence-corrected chi connectivity index (χ0v) is 21.6. The zero-order chi connectivity index (χ0) is 26.8. The Kier molecular flexibility index (Phi) is 7.11. The van der Waals surface area contributed by atoms with E-state index in [-0.39, 0.29) is 16.5 Å². The molecule has 4 aromatic rings. The number of hydrogen-bond acceptors (Lipinski definition) is 7. The minimum atomic E-state index is -0.952. The highest BCUT2D eigenvalue weighted by Crippen LogP contribution is 2.44. The molecule has 1 atom stereocenters. The topological polar surface area (TPSA) is 89.0 Å². The number of halogens is 1. The first-order valence-electron chi connectivity index (χ1n) is 12.2. The Labute approximate surface area is 222 Å². The number of nitrogens with zero attached hydrogens (tertiary/aromatic N) is 2. The van der Waals surface area contributed by atoms with Gasteiger partial charge in [0.15, 0.2) is 5.13 Å². The fourth-order valence-corrected chi connectivity index (χ4v) is 5.34. The van der Waals surface area contributed by atoms with Crippen LogP contribution in [-0.2, 0) is 9.59 Å². The molecule has 2 heterocycles. The van der Waals surface area contributed by atoms with Crippen LogP contribution in [0.1, 0.15) is 36.9 Å². The highest BCUT2D eigenvalue weighted by molar-refractivity contribution is 7.22. The number of carbonyl (C=O) groups is 2. The largest absolute Gasteiger partial charge is 0.507 e. The fourth-order valence-electron chi connectivity index (χ4n) is 4.32. The van der Waals surface area contributed by atoms with Crippen LogP contribution in [0.2, 0.25) is 0 Å². The number of amides is 1. The molecule has 7 nitrogen and oxygen atoms in total. The molecule has 0 saturated carbocycles. The second kappa shape index (κ2) is 10.6. The Hall–Kier alpha value is -4.24. The molecule has 5 rings (SSSR count). The average Bonchev–Trinajstić information content (AvgIpc) is 3.46. The number of unbranched alkanes of at least 4 members (excludes halogenated alkanes) is 1. The lowest BCUT2D eigenvalue weighted by atomic mass is 9.95. The smallest absolute Gasteiger partial charge is 0.301 e. The van der Waals surface area contributed by atoms with Gasteiger partial charge in [0.05, 0.1) is 35.5 Å². The number of anilines is 1. The highest BCUT2D eigenvalue weighted by Gasteiger charge is 2.48. The van der Waals surface area contributed by atoms with E-state index >= 15 is 0 Å². The van der Waals surface area contributed by atoms with E-state index in [0.717, 1.165) is 24.2 Å². The number of aromatic nitrogens is 1. The van der Waals surface area contributed by atoms with Crippen molar-refractivity contribution in [2.24, 2.45) is 0 Å². The van der Waals surface area contributed by atoms with Gasteiger partial charge in [-0.05, 0) is 66.6 Å². The number of ether oxygens (including phenoxy) is 2. The second-order valence-corrected chi connectivity index (χ2v) is 9.79. The SMILES string of the molecule is CCCCOc1ccc(C2/C(=C(\O)c3ccc(OC)cc3)C(=O)C(=O)N2c2nc3ccc(F)cc3s2)cc1. The van der Waals surface area contributed by atoms with Gasteiger partial charge in [0, 0.05) is 5.56 Å². The molecular formula is C29H25FN2O5S. The number of benzene rings is 3. The normalized spacial score (nSPS) is 16.8. The maximum absolute atomic E-state index is 13.8. The number of aliphatic hydroxyl groups is 1. The van der Waals surface area contributed by atoms with Crippen molar-refractivity contribution in [3.8, 4) is 11.5 Å². The van der Waals surface area contributed by atoms with E-state index in [1.807, 2.05) is 0 Å². The lowest BCUT2D eigenvalue weighted by molar-refractivity contribution is -0.132. The lowest BCUT2D eigenvalue weighted by Crippen LogP contribution is -2.29. The molecule has 3 aromatic carbocycles. The average molecular weight is 533 g/mol. The molecule has 1 saturated heterocycles. The van der Waals surface area contributed by atoms with Crippen LogP contribution in [0.25, 0.3) is 16.0 Å². The van der Waals surface area contributed by atoms with E-state index in [9.17, 15) is 19.1 Å². The number of hydrogen-bond donors (Lipinski definition) is 1. The van der Waals surface area contributed by atoms with Gasteiger partial charge in [0.2, 0.25) is 0 Å². The molecule has 0 radical (unpaired) electrons. The Morgan fingerprint density at radius 3 is 2.45 bits per heavy atom. The number of methoxy groups -OCH3 is 1. The van der Waals surface area contributed by atoms with Gasteiger partial charge in [-0.3, -0.25) is 14.5 Å². The van der Waals surface area contributed by atoms with Gasteiger partial charge in [-0.15, -0.1) is 0 Å². The van der Waals surface area contributed by atoms with Crippen molar-refractivity contribution < 1.29 is 28.6 Å². The summed E-state index contributed by atoms with van der Waals surface area (Å²) in [5.41, 5.74) is 1.39. The third-order valence-corrected chi connectivity index (χ3v) is 7.33. The summed E-state index contributed by atoms with van der Waals surface area (Å²) in [5, 5.41) is 11.5. The first-order valence-corrected chi connectivity index (χ1v) is 13.0. The Balaban J connectivity index is 1.63. The van der Waals surface area contributed by atoms with Crippen molar-refractivity contribution in [3.63, 3.8) is 0 Å². The lowest BCUT2D eigenvalue weighted by Gasteiger charge is -2.23. The third-order valence-electron chi connectivity index (χ3n) is 6.32. The van der Waals surface area contributed by atoms with E-state index in [1.54, 1.807) is 48.5 Å². The minimum Gasteiger partial charge on any atom is -0.507 e. The molecule has 1 aliphatic heterocycles. The van der Waals surface area contributed by atoms with Gasteiger partial charge in [0.25, 0.3) is 5.78 Å². The molecule has 1 fully saturated rings. The van der Waals surface area contributed by atoms with Crippen molar-refractivity contribution >= 4 is 44.1 Å². The van der Waals surface area contributed by atoms with Gasteiger partial charge in [0.1, 0.15) is 23.1 Å². The number of aliphatic hydroxyl groups excluding tert-OH is 1. The number of thiazole rings is 1.